The van der Waals surface area contributed by atoms with Gasteiger partial charge in [-0.05, 0) is 30.4 Å². The molecule has 0 radical (unpaired) electrons. The van der Waals surface area contributed by atoms with Crippen LogP contribution < -0.4 is 5.73 Å². The quantitative estimate of drug-likeness (QED) is 0.361. The minimum atomic E-state index is 0.0815. The van der Waals surface area contributed by atoms with Crippen LogP contribution in [0.4, 0.5) is 0 Å². The summed E-state index contributed by atoms with van der Waals surface area (Å²) < 4.78 is 0. The Morgan fingerprint density at radius 2 is 2.00 bits per heavy atom. The zero-order chi connectivity index (χ0) is 14.7. The largest absolute Gasteiger partial charge is 0.409 e. The fourth-order valence-corrected chi connectivity index (χ4v) is 2.88. The highest BCUT2D eigenvalue weighted by Crippen LogP contribution is 2.30. The lowest BCUT2D eigenvalue weighted by molar-refractivity contribution is 0.123. The van der Waals surface area contributed by atoms with Crippen LogP contribution in [0.1, 0.15) is 24.1 Å². The fourth-order valence-electron chi connectivity index (χ4n) is 2.88. The van der Waals surface area contributed by atoms with Gasteiger partial charge in [0.15, 0.2) is 5.84 Å². The monoisotopic (exact) mass is 289 g/mol. The van der Waals surface area contributed by atoms with E-state index in [0.29, 0.717) is 5.69 Å². The van der Waals surface area contributed by atoms with E-state index in [1.54, 1.807) is 6.20 Å². The first kappa shape index (κ1) is 14.3. The number of pyridine rings is 1. The van der Waals surface area contributed by atoms with Crippen LogP contribution >= 0.6 is 0 Å². The van der Waals surface area contributed by atoms with Crippen molar-refractivity contribution in [2.24, 2.45) is 16.8 Å². The summed E-state index contributed by atoms with van der Waals surface area (Å²) in [6, 6.07) is 3.89. The average molecular weight is 289 g/mol. The molecule has 0 atom stereocenters. The Morgan fingerprint density at radius 3 is 2.67 bits per heavy atom. The second-order valence-electron chi connectivity index (χ2n) is 6.02. The molecule has 2 fully saturated rings. The van der Waals surface area contributed by atoms with E-state index in [9.17, 15) is 0 Å². The van der Waals surface area contributed by atoms with Gasteiger partial charge in [0.1, 0.15) is 5.69 Å². The Bertz CT molecular complexity index is 507. The van der Waals surface area contributed by atoms with Gasteiger partial charge < -0.3 is 15.8 Å². The first-order chi connectivity index (χ1) is 10.3. The molecule has 6 heteroatoms. The van der Waals surface area contributed by atoms with Gasteiger partial charge in [-0.3, -0.25) is 9.88 Å². The van der Waals surface area contributed by atoms with Gasteiger partial charge in [0.25, 0.3) is 0 Å². The Labute approximate surface area is 125 Å². The highest BCUT2D eigenvalue weighted by Gasteiger charge is 2.26. The Hall–Kier alpha value is -1.66. The molecule has 3 rings (SSSR count). The van der Waals surface area contributed by atoms with Crippen molar-refractivity contribution in [3.63, 3.8) is 0 Å². The van der Waals surface area contributed by atoms with Gasteiger partial charge in [-0.1, -0.05) is 11.2 Å². The van der Waals surface area contributed by atoms with Crippen molar-refractivity contribution in [1.29, 1.82) is 0 Å². The summed E-state index contributed by atoms with van der Waals surface area (Å²) in [5, 5.41) is 11.9. The second-order valence-corrected chi connectivity index (χ2v) is 6.02. The zero-order valence-electron chi connectivity index (χ0n) is 12.3. The lowest BCUT2D eigenvalue weighted by Crippen LogP contribution is -2.46. The minimum Gasteiger partial charge on any atom is -0.409 e. The molecule has 2 heterocycles. The number of aromatic nitrogens is 1. The predicted octanol–water partition coefficient (Wildman–Crippen LogP) is 0.704. The number of hydrogen-bond acceptors (Lipinski definition) is 5. The third-order valence-electron chi connectivity index (χ3n) is 4.31. The third-order valence-corrected chi connectivity index (χ3v) is 4.31. The maximum Gasteiger partial charge on any atom is 0.189 e. The van der Waals surface area contributed by atoms with Crippen molar-refractivity contribution in [2.75, 3.05) is 32.7 Å². The number of nitrogens with zero attached hydrogens (tertiary/aromatic N) is 4. The first-order valence-corrected chi connectivity index (χ1v) is 7.63. The van der Waals surface area contributed by atoms with Gasteiger partial charge in [-0.2, -0.15) is 0 Å². The molecule has 2 aliphatic rings. The van der Waals surface area contributed by atoms with Crippen LogP contribution in [0.3, 0.4) is 0 Å². The number of rotatable bonds is 5. The number of nitrogens with two attached hydrogens (primary N) is 1. The van der Waals surface area contributed by atoms with E-state index in [2.05, 4.69) is 19.9 Å². The maximum absolute atomic E-state index is 8.85. The van der Waals surface area contributed by atoms with Crippen LogP contribution in [0.15, 0.2) is 23.5 Å². The Balaban J connectivity index is 1.57. The smallest absolute Gasteiger partial charge is 0.189 e. The highest BCUT2D eigenvalue weighted by molar-refractivity contribution is 5.96. The summed E-state index contributed by atoms with van der Waals surface area (Å²) in [6.07, 6.45) is 4.50. The molecule has 0 bridgehead atoms. The summed E-state index contributed by atoms with van der Waals surface area (Å²) in [4.78, 5) is 9.21. The van der Waals surface area contributed by atoms with Crippen LogP contribution in [-0.4, -0.2) is 58.6 Å². The van der Waals surface area contributed by atoms with Gasteiger partial charge in [0.2, 0.25) is 0 Å². The molecule has 114 valence electrons. The molecule has 0 unspecified atom stereocenters. The summed E-state index contributed by atoms with van der Waals surface area (Å²) >= 11 is 0. The molecule has 0 aromatic carbocycles. The molecule has 1 aromatic rings. The average Bonchev–Trinajstić information content (AvgIpc) is 3.33. The van der Waals surface area contributed by atoms with Crippen molar-refractivity contribution in [2.45, 2.75) is 19.4 Å². The van der Waals surface area contributed by atoms with E-state index in [1.165, 1.54) is 19.4 Å². The molecular weight excluding hydrogens is 266 g/mol. The first-order valence-electron chi connectivity index (χ1n) is 7.63. The minimum absolute atomic E-state index is 0.0815. The fraction of sp³-hybridized carbons (Fsp3) is 0.600. The van der Waals surface area contributed by atoms with E-state index < -0.39 is 0 Å². The lowest BCUT2D eigenvalue weighted by Gasteiger charge is -2.34. The molecule has 1 aromatic heterocycles. The maximum atomic E-state index is 8.85. The van der Waals surface area contributed by atoms with Crippen LogP contribution in [0.5, 0.6) is 0 Å². The van der Waals surface area contributed by atoms with E-state index in [1.807, 2.05) is 12.1 Å². The molecule has 1 saturated carbocycles. The third kappa shape index (κ3) is 3.71. The topological polar surface area (TPSA) is 78.0 Å². The highest BCUT2D eigenvalue weighted by atomic mass is 16.4. The van der Waals surface area contributed by atoms with Crippen molar-refractivity contribution in [1.82, 2.24) is 14.8 Å². The SMILES string of the molecule is NC(=NO)c1ncccc1CN1CCN(CC2CC2)CC1. The molecule has 0 spiro atoms. The van der Waals surface area contributed by atoms with Gasteiger partial charge in [0.05, 0.1) is 0 Å². The van der Waals surface area contributed by atoms with E-state index in [0.717, 1.165) is 44.2 Å². The van der Waals surface area contributed by atoms with Crippen molar-refractivity contribution in [3.8, 4) is 0 Å². The number of hydrogen-bond donors (Lipinski definition) is 2. The number of piperazine rings is 1. The van der Waals surface area contributed by atoms with Gasteiger partial charge in [-0.15, -0.1) is 0 Å². The molecule has 3 N–H and O–H groups in total. The summed E-state index contributed by atoms with van der Waals surface area (Å²) in [7, 11) is 0. The molecule has 21 heavy (non-hydrogen) atoms. The summed E-state index contributed by atoms with van der Waals surface area (Å²) in [5.74, 6) is 1.04. The second kappa shape index (κ2) is 6.41. The van der Waals surface area contributed by atoms with Crippen molar-refractivity contribution < 1.29 is 5.21 Å². The molecule has 1 saturated heterocycles. The van der Waals surface area contributed by atoms with Crippen molar-refractivity contribution in [3.05, 3.63) is 29.6 Å². The van der Waals surface area contributed by atoms with Crippen LogP contribution in [-0.2, 0) is 6.54 Å². The van der Waals surface area contributed by atoms with Crippen molar-refractivity contribution >= 4 is 5.84 Å². The van der Waals surface area contributed by atoms with Gasteiger partial charge >= 0.3 is 0 Å². The Morgan fingerprint density at radius 1 is 1.29 bits per heavy atom. The molecule has 6 nitrogen and oxygen atoms in total. The van der Waals surface area contributed by atoms with Crippen LogP contribution in [0.25, 0.3) is 0 Å². The standard InChI is InChI=1S/C15H23N5O/c16-15(18-21)14-13(2-1-5-17-14)11-20-8-6-19(7-9-20)10-12-3-4-12/h1-2,5,12,21H,3-4,6-11H2,(H2,16,18). The molecule has 1 aliphatic heterocycles. The zero-order valence-corrected chi connectivity index (χ0v) is 12.3. The summed E-state index contributed by atoms with van der Waals surface area (Å²) in [6.45, 7) is 6.48. The van der Waals surface area contributed by atoms with E-state index in [-0.39, 0.29) is 5.84 Å². The number of amidine groups is 1. The van der Waals surface area contributed by atoms with Gasteiger partial charge in [0, 0.05) is 45.5 Å². The van der Waals surface area contributed by atoms with Gasteiger partial charge in [-0.25, -0.2) is 0 Å². The molecular formula is C15H23N5O. The number of oxime groups is 1. The van der Waals surface area contributed by atoms with Crippen LogP contribution in [0, 0.1) is 5.92 Å². The van der Waals surface area contributed by atoms with E-state index >= 15 is 0 Å². The van der Waals surface area contributed by atoms with E-state index in [4.69, 9.17) is 10.9 Å². The predicted molar refractivity (Wildman–Crippen MR) is 81.2 cm³/mol. The Kier molecular flexibility index (Phi) is 4.36. The molecule has 0 amide bonds. The van der Waals surface area contributed by atoms with Crippen LogP contribution in [0.2, 0.25) is 0 Å². The lowest BCUT2D eigenvalue weighted by atomic mass is 10.1. The molecule has 1 aliphatic carbocycles. The summed E-state index contributed by atoms with van der Waals surface area (Å²) in [5.41, 5.74) is 7.30. The normalized spacial score (nSPS) is 21.6.